The first-order valence-electron chi connectivity index (χ1n) is 5.77. The zero-order valence-electron chi connectivity index (χ0n) is 10.3. The summed E-state index contributed by atoms with van der Waals surface area (Å²) in [5, 5.41) is 2.80. The molecule has 0 saturated heterocycles. The lowest BCUT2D eigenvalue weighted by molar-refractivity contribution is 0.137. The van der Waals surface area contributed by atoms with E-state index in [0.717, 1.165) is 17.1 Å². The van der Waals surface area contributed by atoms with E-state index >= 15 is 0 Å². The van der Waals surface area contributed by atoms with Crippen LogP contribution in [0, 0.1) is 0 Å². The van der Waals surface area contributed by atoms with Gasteiger partial charge in [0, 0.05) is 11.8 Å². The fourth-order valence-corrected chi connectivity index (χ4v) is 1.97. The molecule has 1 unspecified atom stereocenters. The van der Waals surface area contributed by atoms with Crippen LogP contribution in [0.3, 0.4) is 0 Å². The van der Waals surface area contributed by atoms with E-state index in [1.807, 2.05) is 37.3 Å². The van der Waals surface area contributed by atoms with Crippen molar-refractivity contribution >= 4 is 17.9 Å². The average molecular weight is 253 g/mol. The van der Waals surface area contributed by atoms with Gasteiger partial charge in [0.05, 0.1) is 0 Å². The van der Waals surface area contributed by atoms with Crippen molar-refractivity contribution < 1.29 is 9.53 Å². The predicted octanol–water partition coefficient (Wildman–Crippen LogP) is 3.05. The highest BCUT2D eigenvalue weighted by Crippen LogP contribution is 2.03. The molecule has 17 heavy (non-hydrogen) atoms. The second kappa shape index (κ2) is 8.01. The van der Waals surface area contributed by atoms with Crippen LogP contribution < -0.4 is 5.32 Å². The standard InChI is InChI=1S/C13H19NO2S/c1-3-17-10-11(2)14-13(15)16-9-12-7-5-4-6-8-12/h4-8,11H,3,9-10H2,1-2H3,(H,14,15). The summed E-state index contributed by atoms with van der Waals surface area (Å²) in [6.45, 7) is 4.40. The molecule has 1 rings (SSSR count). The smallest absolute Gasteiger partial charge is 0.407 e. The average Bonchev–Trinajstić information content (AvgIpc) is 2.35. The van der Waals surface area contributed by atoms with Crippen LogP contribution in [0.5, 0.6) is 0 Å². The Morgan fingerprint density at radius 2 is 2.12 bits per heavy atom. The number of nitrogens with one attached hydrogen (secondary N) is 1. The van der Waals surface area contributed by atoms with E-state index in [9.17, 15) is 4.79 Å². The minimum Gasteiger partial charge on any atom is -0.445 e. The Labute approximate surface area is 107 Å². The second-order valence-corrected chi connectivity index (χ2v) is 5.09. The Bertz CT molecular complexity index is 329. The number of rotatable bonds is 6. The van der Waals surface area contributed by atoms with Crippen molar-refractivity contribution in [3.8, 4) is 0 Å². The summed E-state index contributed by atoms with van der Waals surface area (Å²) in [5.41, 5.74) is 0.998. The third-order valence-electron chi connectivity index (χ3n) is 2.15. The molecule has 0 bridgehead atoms. The van der Waals surface area contributed by atoms with Crippen molar-refractivity contribution in [2.45, 2.75) is 26.5 Å². The molecule has 1 atom stereocenters. The molecule has 1 N–H and O–H groups in total. The SMILES string of the molecule is CCSCC(C)NC(=O)OCc1ccccc1. The van der Waals surface area contributed by atoms with Crippen LogP contribution in [-0.2, 0) is 11.3 Å². The number of alkyl carbamates (subject to hydrolysis) is 1. The lowest BCUT2D eigenvalue weighted by atomic mass is 10.2. The number of ether oxygens (including phenoxy) is 1. The van der Waals surface area contributed by atoms with Crippen LogP contribution >= 0.6 is 11.8 Å². The highest BCUT2D eigenvalue weighted by molar-refractivity contribution is 7.99. The van der Waals surface area contributed by atoms with Crippen LogP contribution in [0.1, 0.15) is 19.4 Å². The first-order valence-corrected chi connectivity index (χ1v) is 6.92. The first kappa shape index (κ1) is 13.9. The number of thioether (sulfide) groups is 1. The molecular formula is C13H19NO2S. The number of benzene rings is 1. The fraction of sp³-hybridized carbons (Fsp3) is 0.462. The van der Waals surface area contributed by atoms with E-state index in [2.05, 4.69) is 12.2 Å². The number of hydrogen-bond donors (Lipinski definition) is 1. The molecule has 1 aromatic carbocycles. The Hall–Kier alpha value is -1.16. The summed E-state index contributed by atoms with van der Waals surface area (Å²) in [5.74, 6) is 1.97. The van der Waals surface area contributed by atoms with Gasteiger partial charge in [0.1, 0.15) is 6.61 Å². The molecule has 0 heterocycles. The van der Waals surface area contributed by atoms with Gasteiger partial charge in [-0.25, -0.2) is 4.79 Å². The summed E-state index contributed by atoms with van der Waals surface area (Å²) in [7, 11) is 0. The van der Waals surface area contributed by atoms with E-state index in [0.29, 0.717) is 6.61 Å². The number of amides is 1. The molecule has 0 saturated carbocycles. The molecule has 0 aliphatic heterocycles. The molecule has 0 spiro atoms. The van der Waals surface area contributed by atoms with Crippen molar-refractivity contribution in [3.63, 3.8) is 0 Å². The lowest BCUT2D eigenvalue weighted by Gasteiger charge is -2.13. The molecule has 3 nitrogen and oxygen atoms in total. The molecule has 0 aliphatic rings. The van der Waals surface area contributed by atoms with Gasteiger partial charge >= 0.3 is 6.09 Å². The van der Waals surface area contributed by atoms with Gasteiger partial charge in [-0.3, -0.25) is 0 Å². The topological polar surface area (TPSA) is 38.3 Å². The molecule has 1 aromatic rings. The second-order valence-electron chi connectivity index (χ2n) is 3.77. The highest BCUT2D eigenvalue weighted by atomic mass is 32.2. The molecule has 94 valence electrons. The monoisotopic (exact) mass is 253 g/mol. The zero-order chi connectivity index (χ0) is 12.5. The van der Waals surface area contributed by atoms with Crippen LogP contribution in [-0.4, -0.2) is 23.6 Å². The van der Waals surface area contributed by atoms with Gasteiger partial charge in [-0.2, -0.15) is 11.8 Å². The quantitative estimate of drug-likeness (QED) is 0.846. The molecule has 0 radical (unpaired) electrons. The van der Waals surface area contributed by atoms with Crippen molar-refractivity contribution in [1.29, 1.82) is 0 Å². The molecule has 0 aromatic heterocycles. The van der Waals surface area contributed by atoms with Gasteiger partial charge in [0.25, 0.3) is 0 Å². The largest absolute Gasteiger partial charge is 0.445 e. The Balaban J connectivity index is 2.21. The summed E-state index contributed by atoms with van der Waals surface area (Å²) in [6, 6.07) is 9.80. The maximum Gasteiger partial charge on any atom is 0.407 e. The van der Waals surface area contributed by atoms with Gasteiger partial charge in [0.2, 0.25) is 0 Å². The summed E-state index contributed by atoms with van der Waals surface area (Å²) in [6.07, 6.45) is -0.349. The van der Waals surface area contributed by atoms with Crippen LogP contribution in [0.15, 0.2) is 30.3 Å². The lowest BCUT2D eigenvalue weighted by Crippen LogP contribution is -2.34. The Morgan fingerprint density at radius 3 is 2.76 bits per heavy atom. The van der Waals surface area contributed by atoms with E-state index in [1.165, 1.54) is 0 Å². The van der Waals surface area contributed by atoms with Crippen molar-refractivity contribution in [1.82, 2.24) is 5.32 Å². The minimum absolute atomic E-state index is 0.142. The Kier molecular flexibility index (Phi) is 6.55. The van der Waals surface area contributed by atoms with Crippen LogP contribution in [0.2, 0.25) is 0 Å². The Morgan fingerprint density at radius 1 is 1.41 bits per heavy atom. The maximum absolute atomic E-state index is 11.4. The normalized spacial score (nSPS) is 11.9. The first-order chi connectivity index (χ1) is 8.22. The van der Waals surface area contributed by atoms with Crippen LogP contribution in [0.25, 0.3) is 0 Å². The van der Waals surface area contributed by atoms with E-state index < -0.39 is 0 Å². The van der Waals surface area contributed by atoms with E-state index in [-0.39, 0.29) is 12.1 Å². The van der Waals surface area contributed by atoms with Gasteiger partial charge in [0.15, 0.2) is 0 Å². The van der Waals surface area contributed by atoms with Gasteiger partial charge in [-0.05, 0) is 18.2 Å². The molecular weight excluding hydrogens is 234 g/mol. The van der Waals surface area contributed by atoms with E-state index in [1.54, 1.807) is 11.8 Å². The third kappa shape index (κ3) is 6.22. The zero-order valence-corrected chi connectivity index (χ0v) is 11.1. The number of hydrogen-bond acceptors (Lipinski definition) is 3. The predicted molar refractivity (Wildman–Crippen MR) is 72.2 cm³/mol. The van der Waals surface area contributed by atoms with Crippen LogP contribution in [0.4, 0.5) is 4.79 Å². The fourth-order valence-electron chi connectivity index (χ4n) is 1.30. The summed E-state index contributed by atoms with van der Waals surface area (Å²) >= 11 is 1.80. The molecule has 1 amide bonds. The van der Waals surface area contributed by atoms with Gasteiger partial charge in [-0.1, -0.05) is 37.3 Å². The number of carbonyl (C=O) groups is 1. The van der Waals surface area contributed by atoms with Crippen molar-refractivity contribution in [3.05, 3.63) is 35.9 Å². The number of carbonyl (C=O) groups excluding carboxylic acids is 1. The molecule has 0 fully saturated rings. The minimum atomic E-state index is -0.349. The molecule has 4 heteroatoms. The van der Waals surface area contributed by atoms with Crippen molar-refractivity contribution in [2.75, 3.05) is 11.5 Å². The molecule has 0 aliphatic carbocycles. The summed E-state index contributed by atoms with van der Waals surface area (Å²) in [4.78, 5) is 11.4. The van der Waals surface area contributed by atoms with Crippen molar-refractivity contribution in [2.24, 2.45) is 0 Å². The maximum atomic E-state index is 11.4. The third-order valence-corrected chi connectivity index (χ3v) is 3.29. The summed E-state index contributed by atoms with van der Waals surface area (Å²) < 4.78 is 5.12. The van der Waals surface area contributed by atoms with E-state index in [4.69, 9.17) is 4.74 Å². The highest BCUT2D eigenvalue weighted by Gasteiger charge is 2.07. The van der Waals surface area contributed by atoms with Gasteiger partial charge in [-0.15, -0.1) is 0 Å². The van der Waals surface area contributed by atoms with Gasteiger partial charge < -0.3 is 10.1 Å².